The molecule has 63 valence electrons. The normalized spacial score (nSPS) is 9.18. The molecule has 0 rings (SSSR count). The van der Waals surface area contributed by atoms with Gasteiger partial charge in [0, 0.05) is 6.42 Å². The fourth-order valence-corrected chi connectivity index (χ4v) is 0.641. The van der Waals surface area contributed by atoms with Crippen molar-refractivity contribution in [2.45, 2.75) is 25.7 Å². The zero-order valence-electron chi connectivity index (χ0n) is 6.46. The average molecular weight is 159 g/mol. The van der Waals surface area contributed by atoms with E-state index in [1.54, 1.807) is 0 Å². The fraction of sp³-hybridized carbons (Fsp3) is 0.714. The van der Waals surface area contributed by atoms with Gasteiger partial charge in [-0.2, -0.15) is 0 Å². The Hall–Kier alpha value is -1.06. The second kappa shape index (κ2) is 5.70. The molecule has 0 aromatic carbocycles. The molecular formula is C7H11O4. The highest BCUT2D eigenvalue weighted by molar-refractivity contribution is 5.69. The van der Waals surface area contributed by atoms with Gasteiger partial charge in [-0.25, -0.2) is 9.90 Å². The maximum Gasteiger partial charge on any atom is 0.355 e. The molecule has 0 aliphatic rings. The third-order valence-corrected chi connectivity index (χ3v) is 1.24. The van der Waals surface area contributed by atoms with E-state index >= 15 is 0 Å². The molecule has 0 aromatic heterocycles. The Morgan fingerprint density at radius 3 is 2.18 bits per heavy atom. The predicted molar refractivity (Wildman–Crippen MR) is 36.2 cm³/mol. The maximum atomic E-state index is 10.5. The number of hydrogen-bond acceptors (Lipinski definition) is 3. The van der Waals surface area contributed by atoms with Crippen molar-refractivity contribution < 1.29 is 19.4 Å². The molecule has 4 heteroatoms. The highest BCUT2D eigenvalue weighted by Gasteiger charge is 2.02. The molecule has 0 bridgehead atoms. The summed E-state index contributed by atoms with van der Waals surface area (Å²) in [4.78, 5) is 20.4. The summed E-state index contributed by atoms with van der Waals surface area (Å²) in [7, 11) is 1.31. The summed E-state index contributed by atoms with van der Waals surface area (Å²) in [6.45, 7) is 0. The van der Waals surface area contributed by atoms with E-state index in [-0.39, 0.29) is 18.8 Å². The van der Waals surface area contributed by atoms with Crippen molar-refractivity contribution >= 4 is 11.9 Å². The first kappa shape index (κ1) is 9.94. The van der Waals surface area contributed by atoms with E-state index in [9.17, 15) is 14.7 Å². The summed E-state index contributed by atoms with van der Waals surface area (Å²) in [5.41, 5.74) is 0. The topological polar surface area (TPSA) is 63.3 Å². The lowest BCUT2D eigenvalue weighted by molar-refractivity contribution is -0.144. The summed E-state index contributed by atoms with van der Waals surface area (Å²) in [5, 5.41) is 9.89. The van der Waals surface area contributed by atoms with Crippen LogP contribution in [0.15, 0.2) is 0 Å². The molecule has 11 heavy (non-hydrogen) atoms. The number of carbonyl (C=O) groups excluding carboxylic acids is 2. The van der Waals surface area contributed by atoms with Crippen molar-refractivity contribution in [3.63, 3.8) is 0 Å². The number of methoxy groups -OCH3 is 1. The summed E-state index contributed by atoms with van der Waals surface area (Å²) >= 11 is 0. The molecule has 0 aromatic rings. The Labute approximate surface area is 65.2 Å². The Bertz CT molecular complexity index is 141. The second-order valence-electron chi connectivity index (χ2n) is 2.16. The molecule has 0 heterocycles. The minimum atomic E-state index is -1.07. The minimum absolute atomic E-state index is 0.0109. The van der Waals surface area contributed by atoms with E-state index in [2.05, 4.69) is 4.74 Å². The van der Waals surface area contributed by atoms with Crippen molar-refractivity contribution in [1.82, 2.24) is 0 Å². The Balaban J connectivity index is 3.14. The van der Waals surface area contributed by atoms with E-state index in [0.717, 1.165) is 0 Å². The average Bonchev–Trinajstić information content (AvgIpc) is 1.97. The molecule has 0 aliphatic carbocycles. The first-order chi connectivity index (χ1) is 5.16. The lowest BCUT2D eigenvalue weighted by Gasteiger charge is -1.95. The van der Waals surface area contributed by atoms with Gasteiger partial charge in [-0.1, -0.05) is 0 Å². The largest absolute Gasteiger partial charge is 0.469 e. The molecule has 0 atom stereocenters. The molecule has 0 fully saturated rings. The summed E-state index contributed by atoms with van der Waals surface area (Å²) in [6, 6.07) is 0. The van der Waals surface area contributed by atoms with Gasteiger partial charge in [-0.3, -0.25) is 4.79 Å². The van der Waals surface area contributed by atoms with Crippen molar-refractivity contribution in [2.24, 2.45) is 0 Å². The van der Waals surface area contributed by atoms with Crippen LogP contribution in [0.1, 0.15) is 25.7 Å². The molecule has 0 saturated heterocycles. The minimum Gasteiger partial charge on any atom is -0.469 e. The van der Waals surface area contributed by atoms with Crippen LogP contribution in [0.5, 0.6) is 0 Å². The van der Waals surface area contributed by atoms with Crippen LogP contribution in [0.2, 0.25) is 0 Å². The van der Waals surface area contributed by atoms with E-state index in [4.69, 9.17) is 0 Å². The number of rotatable bonds is 5. The quantitative estimate of drug-likeness (QED) is 0.437. The summed E-state index contributed by atoms with van der Waals surface area (Å²) in [6.07, 6.45) is 1.30. The molecule has 1 radical (unpaired) electrons. The van der Waals surface area contributed by atoms with Gasteiger partial charge in [-0.05, 0) is 12.8 Å². The third kappa shape index (κ3) is 6.83. The van der Waals surface area contributed by atoms with Gasteiger partial charge in [0.1, 0.15) is 0 Å². The summed E-state index contributed by atoms with van der Waals surface area (Å²) in [5.74, 6) is -1.38. The van der Waals surface area contributed by atoms with Gasteiger partial charge in [0.2, 0.25) is 0 Å². The lowest BCUT2D eigenvalue weighted by Crippen LogP contribution is -2.00. The van der Waals surface area contributed by atoms with Gasteiger partial charge in [0.15, 0.2) is 0 Å². The molecule has 0 unspecified atom stereocenters. The van der Waals surface area contributed by atoms with Crippen LogP contribution in [0, 0.1) is 0 Å². The number of ether oxygens (including phenoxy) is 1. The van der Waals surface area contributed by atoms with Gasteiger partial charge in [0.25, 0.3) is 0 Å². The first-order valence-electron chi connectivity index (χ1n) is 3.43. The Morgan fingerprint density at radius 2 is 1.73 bits per heavy atom. The predicted octanol–water partition coefficient (Wildman–Crippen LogP) is 0.677. The van der Waals surface area contributed by atoms with Crippen LogP contribution >= 0.6 is 0 Å². The van der Waals surface area contributed by atoms with Gasteiger partial charge < -0.3 is 4.74 Å². The molecule has 0 spiro atoms. The fourth-order valence-electron chi connectivity index (χ4n) is 0.641. The highest BCUT2D eigenvalue weighted by Crippen LogP contribution is 2.00. The van der Waals surface area contributed by atoms with Crippen molar-refractivity contribution in [3.8, 4) is 0 Å². The lowest BCUT2D eigenvalue weighted by atomic mass is 10.2. The van der Waals surface area contributed by atoms with Crippen LogP contribution in [0.25, 0.3) is 0 Å². The zero-order chi connectivity index (χ0) is 8.69. The van der Waals surface area contributed by atoms with E-state index in [1.807, 2.05) is 0 Å². The number of hydrogen-bond donors (Lipinski definition) is 0. The van der Waals surface area contributed by atoms with Crippen LogP contribution in [0.4, 0.5) is 0 Å². The summed E-state index contributed by atoms with van der Waals surface area (Å²) < 4.78 is 4.36. The first-order valence-corrected chi connectivity index (χ1v) is 3.43. The Kier molecular flexibility index (Phi) is 5.15. The van der Waals surface area contributed by atoms with Crippen LogP contribution in [0.3, 0.4) is 0 Å². The third-order valence-electron chi connectivity index (χ3n) is 1.24. The number of unbranched alkanes of at least 4 members (excludes halogenated alkanes) is 1. The van der Waals surface area contributed by atoms with E-state index in [1.165, 1.54) is 7.11 Å². The van der Waals surface area contributed by atoms with Gasteiger partial charge in [0.05, 0.1) is 13.5 Å². The molecular weight excluding hydrogens is 148 g/mol. The molecule has 4 nitrogen and oxygen atoms in total. The monoisotopic (exact) mass is 159 g/mol. The van der Waals surface area contributed by atoms with Crippen molar-refractivity contribution in [2.75, 3.05) is 7.11 Å². The van der Waals surface area contributed by atoms with Gasteiger partial charge in [-0.15, -0.1) is 0 Å². The van der Waals surface area contributed by atoms with Crippen molar-refractivity contribution in [3.05, 3.63) is 0 Å². The number of esters is 1. The van der Waals surface area contributed by atoms with Crippen LogP contribution < -0.4 is 0 Å². The number of carbonyl (C=O) groups is 2. The van der Waals surface area contributed by atoms with E-state index in [0.29, 0.717) is 12.8 Å². The molecule has 0 amide bonds. The zero-order valence-corrected chi connectivity index (χ0v) is 6.46. The highest BCUT2D eigenvalue weighted by atomic mass is 16.5. The molecule has 0 aliphatic heterocycles. The maximum absolute atomic E-state index is 10.5. The standard InChI is InChI=1S/C7H11O4/c1-11-7(10)5-3-2-4-6(8)9/h2-5H2,1H3. The Morgan fingerprint density at radius 1 is 1.18 bits per heavy atom. The SMILES string of the molecule is COC(=O)CCCCC([O])=O. The van der Waals surface area contributed by atoms with Gasteiger partial charge >= 0.3 is 11.9 Å². The van der Waals surface area contributed by atoms with Crippen molar-refractivity contribution in [1.29, 1.82) is 0 Å². The smallest absolute Gasteiger partial charge is 0.355 e. The molecule has 0 N–H and O–H groups in total. The van der Waals surface area contributed by atoms with E-state index < -0.39 is 5.97 Å². The molecule has 0 saturated carbocycles. The van der Waals surface area contributed by atoms with Crippen LogP contribution in [-0.4, -0.2) is 19.0 Å². The van der Waals surface area contributed by atoms with Crippen LogP contribution in [-0.2, 0) is 19.4 Å². The second-order valence-corrected chi connectivity index (χ2v) is 2.16.